The Morgan fingerprint density at radius 3 is 2.24 bits per heavy atom. The van der Waals surface area contributed by atoms with Crippen molar-refractivity contribution in [2.45, 2.75) is 37.9 Å². The van der Waals surface area contributed by atoms with Crippen molar-refractivity contribution >= 4 is 5.69 Å². The van der Waals surface area contributed by atoms with Gasteiger partial charge in [0, 0.05) is 0 Å². The van der Waals surface area contributed by atoms with Crippen molar-refractivity contribution < 1.29 is 24.6 Å². The fraction of sp³-hybridized carbons (Fsp3) is 0.412. The Kier molecular flexibility index (Phi) is 2.94. The van der Waals surface area contributed by atoms with Gasteiger partial charge in [-0.1, -0.05) is 0 Å². The van der Waals surface area contributed by atoms with Crippen molar-refractivity contribution in [1.82, 2.24) is 4.57 Å². The molecule has 3 heterocycles. The van der Waals surface area contributed by atoms with E-state index < -0.39 is 16.1 Å². The van der Waals surface area contributed by atoms with E-state index in [9.17, 15) is 20.3 Å². The van der Waals surface area contributed by atoms with E-state index in [1.54, 1.807) is 6.07 Å². The van der Waals surface area contributed by atoms with E-state index in [4.69, 9.17) is 9.47 Å². The van der Waals surface area contributed by atoms with Crippen LogP contribution in [0.3, 0.4) is 0 Å². The molecule has 8 nitrogen and oxygen atoms in total. The molecule has 2 aliphatic rings. The van der Waals surface area contributed by atoms with Crippen LogP contribution in [0.25, 0.3) is 5.69 Å². The number of hydrogen-bond donors (Lipinski definition) is 2. The average Bonchev–Trinajstić information content (AvgIpc) is 3.11. The summed E-state index contributed by atoms with van der Waals surface area (Å²) in [6.45, 7) is 3.71. The van der Waals surface area contributed by atoms with Gasteiger partial charge in [-0.2, -0.15) is 0 Å². The number of fused-ring (bicyclic) bond motifs is 5. The summed E-state index contributed by atoms with van der Waals surface area (Å²) in [5.41, 5.74) is -0.618. The minimum absolute atomic E-state index is 0.0711. The van der Waals surface area contributed by atoms with Crippen molar-refractivity contribution in [3.63, 3.8) is 0 Å². The summed E-state index contributed by atoms with van der Waals surface area (Å²) >= 11 is 0. The van der Waals surface area contributed by atoms with Crippen molar-refractivity contribution in [3.05, 3.63) is 39.4 Å². The van der Waals surface area contributed by atoms with Gasteiger partial charge >= 0.3 is 0 Å². The highest BCUT2D eigenvalue weighted by molar-refractivity contribution is 5.65. The molecule has 0 radical (unpaired) electrons. The van der Waals surface area contributed by atoms with Crippen LogP contribution in [0.15, 0.2) is 18.2 Å². The smallest absolute Gasteiger partial charge is 0.297 e. The van der Waals surface area contributed by atoms with Crippen LogP contribution in [0.4, 0.5) is 5.69 Å². The number of hydrogen-bond acceptors (Lipinski definition) is 6. The summed E-state index contributed by atoms with van der Waals surface area (Å²) < 4.78 is 12.2. The zero-order valence-electron chi connectivity index (χ0n) is 14.1. The van der Waals surface area contributed by atoms with Gasteiger partial charge in [0.15, 0.2) is 0 Å². The molecule has 0 amide bonds. The van der Waals surface area contributed by atoms with E-state index in [1.807, 2.05) is 13.8 Å². The number of nitro groups is 1. The second-order valence-corrected chi connectivity index (χ2v) is 6.91. The predicted octanol–water partition coefficient (Wildman–Crippen LogP) is 3.06. The molecule has 2 bridgehead atoms. The standard InChI is InChI=1S/C17H18N2O6/c1-16-6-7-17(2,25-16)13-12(16)14(20)18(15(13)21)10-5-4-9(24-3)8-11(10)19(22)23/h4-5,8,20-21H,6-7H2,1-3H3. The van der Waals surface area contributed by atoms with Gasteiger partial charge in [0.2, 0.25) is 11.8 Å². The predicted molar refractivity (Wildman–Crippen MR) is 87.3 cm³/mol. The van der Waals surface area contributed by atoms with Gasteiger partial charge in [-0.05, 0) is 38.8 Å². The summed E-state index contributed by atoms with van der Waals surface area (Å²) in [6, 6.07) is 4.24. The fourth-order valence-corrected chi connectivity index (χ4v) is 4.17. The number of ether oxygens (including phenoxy) is 2. The largest absolute Gasteiger partial charge is 0.496 e. The number of benzene rings is 1. The summed E-state index contributed by atoms with van der Waals surface area (Å²) in [4.78, 5) is 10.9. The van der Waals surface area contributed by atoms with Crippen molar-refractivity contribution in [3.8, 4) is 23.2 Å². The van der Waals surface area contributed by atoms with Crippen LogP contribution >= 0.6 is 0 Å². The highest BCUT2D eigenvalue weighted by Crippen LogP contribution is 2.64. The van der Waals surface area contributed by atoms with Gasteiger partial charge < -0.3 is 19.7 Å². The van der Waals surface area contributed by atoms with Crippen LogP contribution in [-0.2, 0) is 15.9 Å². The monoisotopic (exact) mass is 346 g/mol. The topological polar surface area (TPSA) is 107 Å². The lowest BCUT2D eigenvalue weighted by molar-refractivity contribution is -0.384. The molecule has 0 spiro atoms. The second-order valence-electron chi connectivity index (χ2n) is 6.91. The van der Waals surface area contributed by atoms with E-state index in [2.05, 4.69) is 0 Å². The zero-order chi connectivity index (χ0) is 18.1. The molecule has 8 heteroatoms. The number of aromatic nitrogens is 1. The molecule has 1 aromatic carbocycles. The van der Waals surface area contributed by atoms with Gasteiger partial charge in [-0.25, -0.2) is 4.57 Å². The van der Waals surface area contributed by atoms with E-state index >= 15 is 0 Å². The molecule has 2 atom stereocenters. The molecule has 2 unspecified atom stereocenters. The summed E-state index contributed by atoms with van der Waals surface area (Å²) in [5.74, 6) is -0.144. The Bertz CT molecular complexity index is 881. The van der Waals surface area contributed by atoms with Gasteiger partial charge in [-0.3, -0.25) is 10.1 Å². The minimum Gasteiger partial charge on any atom is -0.496 e. The lowest BCUT2D eigenvalue weighted by Gasteiger charge is -2.21. The maximum absolute atomic E-state index is 11.5. The number of aromatic hydroxyl groups is 2. The zero-order valence-corrected chi connectivity index (χ0v) is 14.1. The van der Waals surface area contributed by atoms with Crippen LogP contribution in [0.5, 0.6) is 17.5 Å². The first-order valence-electron chi connectivity index (χ1n) is 7.92. The number of nitro benzene ring substituents is 1. The summed E-state index contributed by atoms with van der Waals surface area (Å²) in [5, 5.41) is 33.1. The molecule has 1 saturated heterocycles. The average molecular weight is 346 g/mol. The molecular formula is C17H18N2O6. The van der Waals surface area contributed by atoms with Crippen LogP contribution in [0.2, 0.25) is 0 Å². The quantitative estimate of drug-likeness (QED) is 0.653. The lowest BCUT2D eigenvalue weighted by atomic mass is 9.80. The molecule has 1 fully saturated rings. The molecule has 25 heavy (non-hydrogen) atoms. The van der Waals surface area contributed by atoms with Crippen molar-refractivity contribution in [1.29, 1.82) is 0 Å². The molecule has 132 valence electrons. The minimum atomic E-state index is -0.710. The third-order valence-electron chi connectivity index (χ3n) is 5.33. The second kappa shape index (κ2) is 4.66. The van der Waals surface area contributed by atoms with Gasteiger partial charge in [-0.15, -0.1) is 0 Å². The van der Waals surface area contributed by atoms with Gasteiger partial charge in [0.25, 0.3) is 5.69 Å². The van der Waals surface area contributed by atoms with Gasteiger partial charge in [0.05, 0.1) is 40.4 Å². The summed E-state index contributed by atoms with van der Waals surface area (Å²) in [7, 11) is 1.41. The first-order chi connectivity index (χ1) is 11.7. The SMILES string of the molecule is COc1ccc(-n2c(O)c3c(c2O)C2(C)CCC3(C)O2)c([N+](=O)[O-])c1. The Morgan fingerprint density at radius 2 is 1.76 bits per heavy atom. The molecule has 1 aromatic heterocycles. The van der Waals surface area contributed by atoms with E-state index in [0.29, 0.717) is 29.7 Å². The Balaban J connectivity index is 2.01. The van der Waals surface area contributed by atoms with Crippen LogP contribution in [0, 0.1) is 10.1 Å². The third-order valence-corrected chi connectivity index (χ3v) is 5.33. The normalized spacial score (nSPS) is 26.7. The molecule has 2 N–H and O–H groups in total. The Labute approximate surface area is 143 Å². The van der Waals surface area contributed by atoms with E-state index in [-0.39, 0.29) is 23.1 Å². The van der Waals surface area contributed by atoms with Crippen LogP contribution in [-0.4, -0.2) is 26.8 Å². The van der Waals surface area contributed by atoms with Crippen molar-refractivity contribution in [2.75, 3.05) is 7.11 Å². The Hall–Kier alpha value is -2.74. The number of nitrogens with zero attached hydrogens (tertiary/aromatic N) is 2. The molecule has 0 saturated carbocycles. The molecule has 0 aliphatic carbocycles. The van der Waals surface area contributed by atoms with Gasteiger partial charge in [0.1, 0.15) is 11.4 Å². The summed E-state index contributed by atoms with van der Waals surface area (Å²) in [6.07, 6.45) is 1.41. The molecule has 2 aromatic rings. The fourth-order valence-electron chi connectivity index (χ4n) is 4.17. The van der Waals surface area contributed by atoms with E-state index in [1.165, 1.54) is 19.2 Å². The molecule has 2 aliphatic heterocycles. The van der Waals surface area contributed by atoms with E-state index in [0.717, 1.165) is 4.57 Å². The number of methoxy groups -OCH3 is 1. The maximum atomic E-state index is 11.5. The highest BCUT2D eigenvalue weighted by Gasteiger charge is 2.59. The highest BCUT2D eigenvalue weighted by atomic mass is 16.6. The van der Waals surface area contributed by atoms with Crippen molar-refractivity contribution in [2.24, 2.45) is 0 Å². The maximum Gasteiger partial charge on any atom is 0.297 e. The molecular weight excluding hydrogens is 328 g/mol. The lowest BCUT2D eigenvalue weighted by Crippen LogP contribution is -2.17. The third kappa shape index (κ3) is 1.85. The molecule has 4 rings (SSSR count). The Morgan fingerprint density at radius 1 is 1.20 bits per heavy atom. The number of rotatable bonds is 3. The first kappa shape index (κ1) is 15.8. The first-order valence-corrected chi connectivity index (χ1v) is 7.92. The van der Waals surface area contributed by atoms with Crippen LogP contribution < -0.4 is 4.74 Å². The van der Waals surface area contributed by atoms with Crippen LogP contribution in [0.1, 0.15) is 37.8 Å².